The number of fused-ring (bicyclic) bond motifs is 1. The van der Waals surface area contributed by atoms with Crippen LogP contribution in [0.1, 0.15) is 37.8 Å². The van der Waals surface area contributed by atoms with Crippen molar-refractivity contribution in [3.05, 3.63) is 33.5 Å². The number of aromatic nitrogens is 3. The summed E-state index contributed by atoms with van der Waals surface area (Å²) in [6, 6.07) is 1.47. The Kier molecular flexibility index (Phi) is 3.79. The molecule has 0 aliphatic heterocycles. The molecule has 2 aromatic heterocycles. The lowest BCUT2D eigenvalue weighted by atomic mass is 10.1. The summed E-state index contributed by atoms with van der Waals surface area (Å²) >= 11 is 0. The second-order valence-electron chi connectivity index (χ2n) is 5.69. The molecule has 2 heterocycles. The number of carbonyl (C=O) groups is 1. The van der Waals surface area contributed by atoms with Crippen molar-refractivity contribution in [3.8, 4) is 0 Å². The number of pyridine rings is 1. The van der Waals surface area contributed by atoms with Crippen molar-refractivity contribution in [2.24, 2.45) is 5.92 Å². The monoisotopic (exact) mass is 303 g/mol. The van der Waals surface area contributed by atoms with E-state index in [4.69, 9.17) is 5.11 Å². The molecule has 1 fully saturated rings. The van der Waals surface area contributed by atoms with Gasteiger partial charge in [-0.2, -0.15) is 5.10 Å². The Morgan fingerprint density at radius 1 is 1.32 bits per heavy atom. The van der Waals surface area contributed by atoms with E-state index in [0.717, 1.165) is 24.5 Å². The minimum atomic E-state index is -1.03. The van der Waals surface area contributed by atoms with Gasteiger partial charge in [0.2, 0.25) is 0 Å². The van der Waals surface area contributed by atoms with E-state index in [1.165, 1.54) is 25.2 Å². The standard InChI is InChI=1S/C15H17N3O4/c19-11(5-6-13(21)22)14-12(20)7-10(4-3-9-1-2-9)18-15(14)16-8-17-18/h7-9,19H,1-6H2,(H,21,22). The zero-order chi connectivity index (χ0) is 15.7. The normalized spacial score (nSPS) is 16.0. The molecule has 2 N–H and O–H groups in total. The molecule has 0 atom stereocenters. The van der Waals surface area contributed by atoms with Gasteiger partial charge in [-0.25, -0.2) is 9.50 Å². The third kappa shape index (κ3) is 2.93. The fourth-order valence-electron chi connectivity index (χ4n) is 2.58. The maximum Gasteiger partial charge on any atom is 0.303 e. The molecule has 0 radical (unpaired) electrons. The van der Waals surface area contributed by atoms with E-state index < -0.39 is 5.97 Å². The molecule has 0 unspecified atom stereocenters. The van der Waals surface area contributed by atoms with Gasteiger partial charge in [0, 0.05) is 18.2 Å². The average molecular weight is 303 g/mol. The maximum atomic E-state index is 12.3. The molecule has 2 aromatic rings. The number of carboxylic acids is 1. The van der Waals surface area contributed by atoms with E-state index in [2.05, 4.69) is 10.1 Å². The van der Waals surface area contributed by atoms with Crippen molar-refractivity contribution >= 4 is 17.4 Å². The molecule has 0 amide bonds. The van der Waals surface area contributed by atoms with E-state index in [-0.39, 0.29) is 29.2 Å². The molecule has 0 saturated heterocycles. The molecule has 116 valence electrons. The first-order valence-electron chi connectivity index (χ1n) is 7.36. The molecule has 3 rings (SSSR count). The molecular formula is C15H17N3O4. The third-order valence-electron chi connectivity index (χ3n) is 3.96. The van der Waals surface area contributed by atoms with Crippen molar-refractivity contribution in [2.75, 3.05) is 0 Å². The zero-order valence-corrected chi connectivity index (χ0v) is 12.0. The fourth-order valence-corrected chi connectivity index (χ4v) is 2.58. The van der Waals surface area contributed by atoms with Crippen LogP contribution in [0.15, 0.2) is 17.2 Å². The number of aryl methyl sites for hydroxylation is 1. The van der Waals surface area contributed by atoms with Crippen LogP contribution in [0.25, 0.3) is 11.4 Å². The first-order chi connectivity index (χ1) is 10.6. The van der Waals surface area contributed by atoms with Crippen LogP contribution >= 0.6 is 0 Å². The fraction of sp³-hybridized carbons (Fsp3) is 0.467. The van der Waals surface area contributed by atoms with Crippen molar-refractivity contribution in [2.45, 2.75) is 38.5 Å². The number of aliphatic hydroxyl groups excluding tert-OH is 1. The summed E-state index contributed by atoms with van der Waals surface area (Å²) in [5, 5.41) is 22.9. The molecule has 7 heteroatoms. The number of aliphatic hydroxyl groups is 1. The number of hydrogen-bond donors (Lipinski definition) is 2. The molecule has 1 aliphatic carbocycles. The Balaban J connectivity index is 2.04. The molecule has 0 spiro atoms. The summed E-state index contributed by atoms with van der Waals surface area (Å²) in [5.41, 5.74) is 0.731. The second kappa shape index (κ2) is 5.75. The van der Waals surface area contributed by atoms with Crippen LogP contribution in [-0.2, 0) is 11.2 Å². The summed E-state index contributed by atoms with van der Waals surface area (Å²) < 4.78 is 1.57. The zero-order valence-electron chi connectivity index (χ0n) is 12.0. The Labute approximate surface area is 125 Å². The van der Waals surface area contributed by atoms with Crippen LogP contribution in [0.4, 0.5) is 0 Å². The van der Waals surface area contributed by atoms with E-state index >= 15 is 0 Å². The smallest absolute Gasteiger partial charge is 0.303 e. The van der Waals surface area contributed by atoms with Gasteiger partial charge >= 0.3 is 5.97 Å². The van der Waals surface area contributed by atoms with Crippen LogP contribution in [0.2, 0.25) is 0 Å². The Bertz CT molecular complexity index is 823. The van der Waals surface area contributed by atoms with Crippen LogP contribution in [0.5, 0.6) is 0 Å². The Morgan fingerprint density at radius 3 is 2.77 bits per heavy atom. The number of carboxylic acid groups (broad SMARTS) is 1. The molecule has 1 aliphatic rings. The summed E-state index contributed by atoms with van der Waals surface area (Å²) in [7, 11) is 0. The van der Waals surface area contributed by atoms with Crippen LogP contribution in [-0.4, -0.2) is 30.8 Å². The van der Waals surface area contributed by atoms with Gasteiger partial charge in [-0.05, 0) is 18.8 Å². The highest BCUT2D eigenvalue weighted by atomic mass is 16.4. The van der Waals surface area contributed by atoms with Crippen molar-refractivity contribution < 1.29 is 15.0 Å². The summed E-state index contributed by atoms with van der Waals surface area (Å²) in [6.45, 7) is 0. The van der Waals surface area contributed by atoms with E-state index in [1.54, 1.807) is 4.52 Å². The number of rotatable bonds is 6. The van der Waals surface area contributed by atoms with Gasteiger partial charge < -0.3 is 10.2 Å². The van der Waals surface area contributed by atoms with Crippen molar-refractivity contribution in [1.29, 1.82) is 0 Å². The van der Waals surface area contributed by atoms with E-state index in [1.807, 2.05) is 0 Å². The third-order valence-corrected chi connectivity index (χ3v) is 3.96. The van der Waals surface area contributed by atoms with Gasteiger partial charge in [0.05, 0.1) is 6.42 Å². The van der Waals surface area contributed by atoms with E-state index in [9.17, 15) is 14.7 Å². The molecule has 0 bridgehead atoms. The minimum Gasteiger partial charge on any atom is -0.511 e. The van der Waals surface area contributed by atoms with Crippen LogP contribution in [0, 0.1) is 5.92 Å². The number of aliphatic carboxylic acids is 1. The Hall–Kier alpha value is -2.44. The van der Waals surface area contributed by atoms with Gasteiger partial charge in [-0.1, -0.05) is 12.8 Å². The van der Waals surface area contributed by atoms with Gasteiger partial charge in [0.25, 0.3) is 0 Å². The van der Waals surface area contributed by atoms with Gasteiger partial charge in [-0.15, -0.1) is 0 Å². The predicted octanol–water partition coefficient (Wildman–Crippen LogP) is 0.682. The summed E-state index contributed by atoms with van der Waals surface area (Å²) in [6.07, 6.45) is 5.24. The maximum absolute atomic E-state index is 12.3. The molecule has 7 nitrogen and oxygen atoms in total. The molecule has 22 heavy (non-hydrogen) atoms. The highest BCUT2D eigenvalue weighted by Crippen LogP contribution is 2.33. The largest absolute Gasteiger partial charge is 0.511 e. The lowest BCUT2D eigenvalue weighted by Crippen LogP contribution is -2.31. The lowest BCUT2D eigenvalue weighted by molar-refractivity contribution is -0.136. The SMILES string of the molecule is O=C(O)CCC(O)=c1c(=O)cc(CCC2CC2)n2ncnc12. The van der Waals surface area contributed by atoms with Gasteiger partial charge in [0.15, 0.2) is 11.1 Å². The van der Waals surface area contributed by atoms with Crippen LogP contribution < -0.4 is 10.6 Å². The molecule has 0 aromatic carbocycles. The van der Waals surface area contributed by atoms with Gasteiger partial charge in [0.1, 0.15) is 17.3 Å². The van der Waals surface area contributed by atoms with Crippen LogP contribution in [0.3, 0.4) is 0 Å². The minimum absolute atomic E-state index is 0.0499. The summed E-state index contributed by atoms with van der Waals surface area (Å²) in [4.78, 5) is 27.0. The number of hydrogen-bond acceptors (Lipinski definition) is 5. The first kappa shape index (κ1) is 14.5. The average Bonchev–Trinajstić information content (AvgIpc) is 3.18. The highest BCUT2D eigenvalue weighted by Gasteiger charge is 2.21. The first-order valence-corrected chi connectivity index (χ1v) is 7.36. The van der Waals surface area contributed by atoms with Crippen molar-refractivity contribution in [3.63, 3.8) is 0 Å². The Morgan fingerprint density at radius 2 is 2.09 bits per heavy atom. The lowest BCUT2D eigenvalue weighted by Gasteiger charge is -2.04. The van der Waals surface area contributed by atoms with Gasteiger partial charge in [-0.3, -0.25) is 9.59 Å². The quantitative estimate of drug-likeness (QED) is 0.813. The van der Waals surface area contributed by atoms with E-state index in [0.29, 0.717) is 5.65 Å². The second-order valence-corrected chi connectivity index (χ2v) is 5.69. The topological polar surface area (TPSA) is 105 Å². The predicted molar refractivity (Wildman–Crippen MR) is 78.4 cm³/mol. The summed E-state index contributed by atoms with van der Waals surface area (Å²) in [5.74, 6) is -0.541. The highest BCUT2D eigenvalue weighted by molar-refractivity contribution is 5.68. The number of nitrogens with zero attached hydrogens (tertiary/aromatic N) is 3. The van der Waals surface area contributed by atoms with Crippen molar-refractivity contribution in [1.82, 2.24) is 14.6 Å². The molecule has 1 saturated carbocycles. The molecular weight excluding hydrogens is 286 g/mol.